The standard InChI is InChI=1S/C9H9NO5.2Li/c11-7(12)9(15,8(13)14)5-6-3-1-2-4-10-6;;/h1-4,15H,5H2,(H,11,12)(H,13,14);;/q;2*+1/p-2. The molecule has 1 aromatic heterocycles. The molecule has 17 heavy (non-hydrogen) atoms. The van der Waals surface area contributed by atoms with Crippen molar-refractivity contribution in [2.75, 3.05) is 0 Å². The number of carbonyl (C=O) groups is 2. The maximum Gasteiger partial charge on any atom is 1.00 e. The number of aliphatic hydroxyl groups is 1. The van der Waals surface area contributed by atoms with Gasteiger partial charge in [0.2, 0.25) is 0 Å². The largest absolute Gasteiger partial charge is 1.00 e. The van der Waals surface area contributed by atoms with E-state index < -0.39 is 24.0 Å². The van der Waals surface area contributed by atoms with Crippen molar-refractivity contribution in [2.24, 2.45) is 0 Å². The minimum absolute atomic E-state index is 0. The first-order valence-corrected chi connectivity index (χ1v) is 4.02. The van der Waals surface area contributed by atoms with E-state index in [0.29, 0.717) is 0 Å². The van der Waals surface area contributed by atoms with Gasteiger partial charge in [0.15, 0.2) is 0 Å². The Hall–Kier alpha value is -0.755. The topological polar surface area (TPSA) is 113 Å². The molecule has 0 aliphatic carbocycles. The minimum atomic E-state index is -3.05. The molecular weight excluding hydrogens is 216 g/mol. The van der Waals surface area contributed by atoms with Gasteiger partial charge in [0.05, 0.1) is 11.9 Å². The maximum atomic E-state index is 10.5. The molecule has 0 unspecified atom stereocenters. The summed E-state index contributed by atoms with van der Waals surface area (Å²) in [5.41, 5.74) is -2.93. The van der Waals surface area contributed by atoms with Gasteiger partial charge >= 0.3 is 37.7 Å². The Morgan fingerprint density at radius 1 is 1.24 bits per heavy atom. The predicted molar refractivity (Wildman–Crippen MR) is 42.9 cm³/mol. The summed E-state index contributed by atoms with van der Waals surface area (Å²) in [5, 5.41) is 30.2. The van der Waals surface area contributed by atoms with Crippen LogP contribution in [0.25, 0.3) is 0 Å². The first-order chi connectivity index (χ1) is 6.97. The summed E-state index contributed by atoms with van der Waals surface area (Å²) in [4.78, 5) is 24.6. The van der Waals surface area contributed by atoms with Gasteiger partial charge in [-0.2, -0.15) is 0 Å². The normalized spacial score (nSPS) is 9.71. The molecule has 80 valence electrons. The summed E-state index contributed by atoms with van der Waals surface area (Å²) < 4.78 is 0. The Bertz CT molecular complexity index is 370. The van der Waals surface area contributed by atoms with Gasteiger partial charge in [0, 0.05) is 18.3 Å². The Labute approximate surface area is 121 Å². The van der Waals surface area contributed by atoms with Crippen LogP contribution in [0.5, 0.6) is 0 Å². The molecule has 0 fully saturated rings. The molecule has 6 nitrogen and oxygen atoms in total. The van der Waals surface area contributed by atoms with Gasteiger partial charge in [-0.25, -0.2) is 0 Å². The average molecular weight is 223 g/mol. The molecule has 1 aromatic rings. The molecule has 0 aliphatic rings. The van der Waals surface area contributed by atoms with Crippen LogP contribution < -0.4 is 47.9 Å². The third-order valence-corrected chi connectivity index (χ3v) is 1.84. The number of pyridine rings is 1. The Kier molecular flexibility index (Phi) is 8.26. The fourth-order valence-electron chi connectivity index (χ4n) is 0.992. The van der Waals surface area contributed by atoms with E-state index in [9.17, 15) is 24.9 Å². The minimum Gasteiger partial charge on any atom is -0.547 e. The number of aliphatic carboxylic acids is 2. The van der Waals surface area contributed by atoms with Crippen molar-refractivity contribution in [1.82, 2.24) is 4.98 Å². The zero-order valence-electron chi connectivity index (χ0n) is 9.54. The van der Waals surface area contributed by atoms with Crippen LogP contribution >= 0.6 is 0 Å². The molecule has 0 saturated heterocycles. The Morgan fingerprint density at radius 2 is 1.76 bits per heavy atom. The zero-order chi connectivity index (χ0) is 11.5. The molecule has 1 N–H and O–H groups in total. The van der Waals surface area contributed by atoms with Crippen molar-refractivity contribution in [3.63, 3.8) is 0 Å². The van der Waals surface area contributed by atoms with E-state index in [1.165, 1.54) is 18.3 Å². The molecule has 8 heteroatoms. The number of aromatic nitrogens is 1. The molecule has 0 aliphatic heterocycles. The number of carboxylic acid groups (broad SMARTS) is 2. The van der Waals surface area contributed by atoms with Crippen LogP contribution in [0.15, 0.2) is 24.4 Å². The number of nitrogens with zero attached hydrogens (tertiary/aromatic N) is 1. The van der Waals surface area contributed by atoms with Gasteiger partial charge in [-0.3, -0.25) is 4.98 Å². The molecule has 0 saturated carbocycles. The SMILES string of the molecule is O=C([O-])C(O)(Cc1ccccn1)C(=O)[O-].[Li+].[Li+]. The van der Waals surface area contributed by atoms with E-state index in [4.69, 9.17) is 0 Å². The fraction of sp³-hybridized carbons (Fsp3) is 0.222. The number of carbonyl (C=O) groups excluding carboxylic acids is 2. The summed E-state index contributed by atoms with van der Waals surface area (Å²) in [6, 6.07) is 4.49. The molecule has 1 heterocycles. The predicted octanol–water partition coefficient (Wildman–Crippen LogP) is -9.14. The molecule has 0 atom stereocenters. The first kappa shape index (κ1) is 18.6. The van der Waals surface area contributed by atoms with Crippen LogP contribution in [-0.4, -0.2) is 27.6 Å². The second kappa shape index (κ2) is 7.55. The third kappa shape index (κ3) is 4.55. The van der Waals surface area contributed by atoms with E-state index in [2.05, 4.69) is 4.98 Å². The smallest absolute Gasteiger partial charge is 0.547 e. The summed E-state index contributed by atoms with van der Waals surface area (Å²) in [7, 11) is 0. The van der Waals surface area contributed by atoms with E-state index in [0.717, 1.165) is 0 Å². The van der Waals surface area contributed by atoms with Crippen molar-refractivity contribution in [3.8, 4) is 0 Å². The second-order valence-electron chi connectivity index (χ2n) is 2.93. The summed E-state index contributed by atoms with van der Waals surface area (Å²) >= 11 is 0. The number of carboxylic acids is 2. The third-order valence-electron chi connectivity index (χ3n) is 1.84. The maximum absolute atomic E-state index is 10.5. The van der Waals surface area contributed by atoms with Crippen molar-refractivity contribution in [1.29, 1.82) is 0 Å². The quantitative estimate of drug-likeness (QED) is 0.400. The Morgan fingerprint density at radius 3 is 2.12 bits per heavy atom. The van der Waals surface area contributed by atoms with Crippen molar-refractivity contribution >= 4 is 11.9 Å². The van der Waals surface area contributed by atoms with Crippen LogP contribution in [-0.2, 0) is 16.0 Å². The van der Waals surface area contributed by atoms with Crippen LogP contribution in [0.3, 0.4) is 0 Å². The molecule has 0 spiro atoms. The summed E-state index contributed by atoms with van der Waals surface area (Å²) in [6.45, 7) is 0. The number of rotatable bonds is 4. The van der Waals surface area contributed by atoms with E-state index >= 15 is 0 Å². The van der Waals surface area contributed by atoms with Gasteiger partial charge < -0.3 is 24.9 Å². The zero-order valence-corrected chi connectivity index (χ0v) is 9.54. The molecule has 0 radical (unpaired) electrons. The number of hydrogen-bond acceptors (Lipinski definition) is 6. The monoisotopic (exact) mass is 223 g/mol. The van der Waals surface area contributed by atoms with Crippen LogP contribution in [0.2, 0.25) is 0 Å². The van der Waals surface area contributed by atoms with E-state index in [1.54, 1.807) is 6.07 Å². The Balaban J connectivity index is 0. The molecule has 0 bridgehead atoms. The summed E-state index contributed by atoms with van der Waals surface area (Å²) in [5.74, 6) is -4.23. The number of hydrogen-bond donors (Lipinski definition) is 1. The van der Waals surface area contributed by atoms with Gasteiger partial charge in [-0.1, -0.05) is 6.07 Å². The van der Waals surface area contributed by atoms with Gasteiger partial charge in [0.25, 0.3) is 0 Å². The average Bonchev–Trinajstić information content (AvgIpc) is 2.18. The van der Waals surface area contributed by atoms with Crippen LogP contribution in [0, 0.1) is 0 Å². The molecule has 0 amide bonds. The van der Waals surface area contributed by atoms with Gasteiger partial charge in [-0.05, 0) is 12.1 Å². The van der Waals surface area contributed by atoms with Crippen molar-refractivity contribution in [2.45, 2.75) is 12.0 Å². The van der Waals surface area contributed by atoms with Gasteiger partial charge in [-0.15, -0.1) is 0 Å². The summed E-state index contributed by atoms with van der Waals surface area (Å²) in [6.07, 6.45) is 0.652. The van der Waals surface area contributed by atoms with Crippen molar-refractivity contribution in [3.05, 3.63) is 30.1 Å². The fourth-order valence-corrected chi connectivity index (χ4v) is 0.992. The van der Waals surface area contributed by atoms with Crippen LogP contribution in [0.4, 0.5) is 0 Å². The molecule has 0 aromatic carbocycles. The second-order valence-corrected chi connectivity index (χ2v) is 2.93. The molecule has 1 rings (SSSR count). The van der Waals surface area contributed by atoms with Crippen LogP contribution in [0.1, 0.15) is 5.69 Å². The van der Waals surface area contributed by atoms with Gasteiger partial charge in [0.1, 0.15) is 5.60 Å². The first-order valence-electron chi connectivity index (χ1n) is 4.02. The van der Waals surface area contributed by atoms with E-state index in [1.807, 2.05) is 0 Å². The van der Waals surface area contributed by atoms with E-state index in [-0.39, 0.29) is 43.4 Å². The molecular formula is C9H7Li2NO5. The van der Waals surface area contributed by atoms with Crippen molar-refractivity contribution < 1.29 is 62.6 Å².